The summed E-state index contributed by atoms with van der Waals surface area (Å²) < 4.78 is 14.7. The third kappa shape index (κ3) is 33.2. The van der Waals surface area contributed by atoms with E-state index in [4.69, 9.17) is 5.11 Å². The molecule has 0 unspecified atom stereocenters. The smallest absolute Gasteiger partial charge is 0.338 e. The Hall–Kier alpha value is -1.07. The molecule has 0 saturated heterocycles. The van der Waals surface area contributed by atoms with Crippen molar-refractivity contribution in [3.63, 3.8) is 0 Å². The van der Waals surface area contributed by atoms with Crippen molar-refractivity contribution in [1.82, 2.24) is 0 Å². The second-order valence-electron chi connectivity index (χ2n) is 11.9. The first-order valence-corrected chi connectivity index (χ1v) is 30.2. The minimum absolute atomic E-state index is 0.0648. The number of aliphatic hydroxyl groups excluding tert-OH is 1. The van der Waals surface area contributed by atoms with E-state index in [-0.39, 0.29) is 29.9 Å². The van der Waals surface area contributed by atoms with Gasteiger partial charge in [0.15, 0.2) is 0 Å². The Labute approximate surface area is 302 Å². The summed E-state index contributed by atoms with van der Waals surface area (Å²) in [6.07, 6.45) is 17.7. The minimum atomic E-state index is -1.44. The molecule has 0 aliphatic rings. The number of aliphatic carboxylic acids is 1. The van der Waals surface area contributed by atoms with E-state index in [1.807, 2.05) is 0 Å². The van der Waals surface area contributed by atoms with Crippen molar-refractivity contribution in [3.05, 3.63) is 47.5 Å². The number of aromatic carboxylic acids is 1. The third-order valence-electron chi connectivity index (χ3n) is 7.34. The van der Waals surface area contributed by atoms with Crippen LogP contribution in [-0.4, -0.2) is 75.7 Å². The number of rotatable bonds is 23. The summed E-state index contributed by atoms with van der Waals surface area (Å²) >= 11 is -1.68. The first-order valence-electron chi connectivity index (χ1n) is 18.1. The molecular weight excluding hydrogens is 806 g/mol. The number of carboxylic acids is 2. The summed E-state index contributed by atoms with van der Waals surface area (Å²) in [6.45, 7) is 18.0. The molecule has 0 aromatic heterocycles. The summed E-state index contributed by atoms with van der Waals surface area (Å²) in [4.78, 5) is 31.4. The molecule has 270 valence electrons. The molecule has 7 nitrogen and oxygen atoms in total. The number of aliphatic hydroxyl groups is 1. The number of hydrogen-bond acceptors (Lipinski definition) is 7. The first kappa shape index (κ1) is 50.3. The fourth-order valence-corrected chi connectivity index (χ4v) is 23.3. The summed E-state index contributed by atoms with van der Waals surface area (Å²) in [5.74, 6) is -3.41. The van der Waals surface area contributed by atoms with Gasteiger partial charge in [-0.2, -0.15) is 0 Å². The van der Waals surface area contributed by atoms with E-state index in [0.717, 1.165) is 0 Å². The molecule has 9 heteroatoms. The molecule has 0 bridgehead atoms. The number of ether oxygens (including phenoxy) is 1. The predicted octanol–water partition coefficient (Wildman–Crippen LogP) is 8.27. The largest absolute Gasteiger partial charge is 0.545 e. The normalized spacial score (nSPS) is 9.79. The van der Waals surface area contributed by atoms with Gasteiger partial charge in [0.2, 0.25) is 0 Å². The van der Waals surface area contributed by atoms with Crippen LogP contribution in [0.3, 0.4) is 0 Å². The Morgan fingerprint density at radius 2 is 0.957 bits per heavy atom. The molecular formula is C38H68O7Sn2. The molecule has 0 spiro atoms. The summed E-state index contributed by atoms with van der Waals surface area (Å²) in [7, 11) is 0. The third-order valence-corrected chi connectivity index (χ3v) is 25.5. The van der Waals surface area contributed by atoms with Gasteiger partial charge in [0.05, 0.1) is 24.1 Å². The number of carboxylic acid groups (broad SMARTS) is 2. The van der Waals surface area contributed by atoms with Crippen molar-refractivity contribution in [2.75, 3.05) is 13.2 Å². The van der Waals surface area contributed by atoms with Gasteiger partial charge in [-0.15, -0.1) is 0 Å². The molecule has 0 fully saturated rings. The molecule has 0 saturated carbocycles. The van der Waals surface area contributed by atoms with Gasteiger partial charge in [-0.05, 0) is 18.6 Å². The van der Waals surface area contributed by atoms with Crippen molar-refractivity contribution >= 4 is 57.4 Å². The fraction of sp³-hybridized carbons (Fsp3) is 0.711. The monoisotopic (exact) mass is 876 g/mol. The van der Waals surface area contributed by atoms with Crippen molar-refractivity contribution in [2.45, 2.75) is 152 Å². The Morgan fingerprint density at radius 3 is 1.19 bits per heavy atom. The van der Waals surface area contributed by atoms with Crippen molar-refractivity contribution in [1.29, 1.82) is 0 Å². The van der Waals surface area contributed by atoms with Crippen molar-refractivity contribution in [3.8, 4) is 0 Å². The van der Waals surface area contributed by atoms with Gasteiger partial charge in [0, 0.05) is 5.56 Å². The molecule has 1 aromatic carbocycles. The van der Waals surface area contributed by atoms with E-state index in [1.54, 1.807) is 26.6 Å². The molecule has 1 aromatic rings. The van der Waals surface area contributed by atoms with Crippen LogP contribution >= 0.6 is 0 Å². The number of carbonyl (C=O) groups is 3. The standard InChI is InChI=1S/C10H10O5.C4H6O2.6C4H9.2Sn/c11-5-6-15-10(14)8-4-2-1-3-7(8)9(12)13;1-3(2)4(5)6;6*1-3-4-2;;/h1-4,11H,5-6H2,(H,12,13);1H2,2H3,(H,5,6);6*1,3-4H2,2H3;;/q;;;;;;;;2*+1/p-2. The molecule has 0 radical (unpaired) electrons. The van der Waals surface area contributed by atoms with Crippen LogP contribution in [0, 0.1) is 0 Å². The van der Waals surface area contributed by atoms with Gasteiger partial charge in [0.1, 0.15) is 6.61 Å². The van der Waals surface area contributed by atoms with Gasteiger partial charge in [-0.25, -0.2) is 4.79 Å². The number of unbranched alkanes of at least 4 members (excludes halogenated alkanes) is 6. The van der Waals surface area contributed by atoms with Gasteiger partial charge >= 0.3 is 191 Å². The number of hydrogen-bond donors (Lipinski definition) is 1. The summed E-state index contributed by atoms with van der Waals surface area (Å²) in [5.41, 5.74) is -0.235. The second kappa shape index (κ2) is 37.7. The zero-order valence-electron chi connectivity index (χ0n) is 31.1. The molecule has 0 atom stereocenters. The number of carbonyl (C=O) groups excluding carboxylic acids is 3. The van der Waals surface area contributed by atoms with E-state index >= 15 is 0 Å². The van der Waals surface area contributed by atoms with Gasteiger partial charge in [-0.3, -0.25) is 0 Å². The van der Waals surface area contributed by atoms with Crippen LogP contribution in [0.2, 0.25) is 26.6 Å². The second-order valence-corrected chi connectivity index (χ2v) is 29.0. The van der Waals surface area contributed by atoms with Crippen LogP contribution in [0.4, 0.5) is 0 Å². The van der Waals surface area contributed by atoms with Crippen LogP contribution in [0.15, 0.2) is 36.4 Å². The zero-order valence-corrected chi connectivity index (χ0v) is 36.8. The summed E-state index contributed by atoms with van der Waals surface area (Å²) in [5, 5.41) is 28.6. The molecule has 0 aliphatic carbocycles. The van der Waals surface area contributed by atoms with Crippen molar-refractivity contribution < 1.29 is 34.4 Å². The Kier molecular flexibility index (Phi) is 40.4. The molecule has 1 rings (SSSR count). The van der Waals surface area contributed by atoms with Crippen LogP contribution in [0.5, 0.6) is 0 Å². The maximum atomic E-state index is 11.3. The quantitative estimate of drug-likeness (QED) is 0.0667. The topological polar surface area (TPSA) is 127 Å². The molecule has 0 heterocycles. The van der Waals surface area contributed by atoms with Gasteiger partial charge < -0.3 is 29.6 Å². The SMILES string of the molecule is C=C(C)C(=O)[O-].CCC[CH2][Sn+]([CH2]CCC)[CH2]CCC.CCC[CH2][Sn+]([CH2]CCC)[CH2]CCC.O=C([O-])c1ccccc1C(=O)OCCO. The molecule has 0 aliphatic heterocycles. The van der Waals surface area contributed by atoms with Crippen molar-refractivity contribution in [2.24, 2.45) is 0 Å². The average molecular weight is 874 g/mol. The van der Waals surface area contributed by atoms with E-state index in [9.17, 15) is 24.6 Å². The van der Waals surface area contributed by atoms with Crippen LogP contribution in [0.1, 0.15) is 146 Å². The molecule has 0 amide bonds. The number of benzene rings is 1. The van der Waals surface area contributed by atoms with Gasteiger partial charge in [0.25, 0.3) is 0 Å². The Morgan fingerprint density at radius 1 is 0.660 bits per heavy atom. The van der Waals surface area contributed by atoms with Gasteiger partial charge in [-0.1, -0.05) is 24.8 Å². The first-order chi connectivity index (χ1) is 22.5. The predicted molar refractivity (Wildman–Crippen MR) is 198 cm³/mol. The summed E-state index contributed by atoms with van der Waals surface area (Å²) in [6, 6.07) is 5.58. The van der Waals surface area contributed by atoms with E-state index < -0.39 is 57.4 Å². The average Bonchev–Trinajstić information content (AvgIpc) is 3.07. The Bertz CT molecular complexity index is 834. The van der Waals surface area contributed by atoms with Crippen LogP contribution < -0.4 is 10.2 Å². The van der Waals surface area contributed by atoms with Crippen LogP contribution in [0.25, 0.3) is 0 Å². The fourth-order valence-electron chi connectivity index (χ4n) is 4.37. The van der Waals surface area contributed by atoms with E-state index in [1.165, 1.54) is 108 Å². The Balaban J connectivity index is -0.000000570. The zero-order chi connectivity index (χ0) is 36.3. The molecule has 47 heavy (non-hydrogen) atoms. The van der Waals surface area contributed by atoms with E-state index in [2.05, 4.69) is 52.9 Å². The van der Waals surface area contributed by atoms with E-state index in [0.29, 0.717) is 0 Å². The van der Waals surface area contributed by atoms with Crippen LogP contribution in [-0.2, 0) is 9.53 Å². The minimum Gasteiger partial charge on any atom is -0.545 e. The number of esters is 1. The maximum Gasteiger partial charge on any atom is 0.338 e. The molecule has 1 N–H and O–H groups in total. The maximum absolute atomic E-state index is 11.3.